The second kappa shape index (κ2) is 9.19. The first-order valence-electron chi connectivity index (χ1n) is 10.7. The van der Waals surface area contributed by atoms with Crippen molar-refractivity contribution in [2.75, 3.05) is 19.0 Å². The van der Waals surface area contributed by atoms with Crippen LogP contribution in [0.4, 0.5) is 13.9 Å². The van der Waals surface area contributed by atoms with Crippen molar-refractivity contribution < 1.29 is 18.3 Å². The number of nitrogens with zero attached hydrogens (tertiary/aromatic N) is 1. The molecule has 0 saturated carbocycles. The van der Waals surface area contributed by atoms with Crippen molar-refractivity contribution in [3.8, 4) is 22.8 Å². The normalized spacial score (nSPS) is 12.3. The summed E-state index contributed by atoms with van der Waals surface area (Å²) in [4.78, 5) is 5.36. The molecule has 0 amide bonds. The molecule has 0 unspecified atom stereocenters. The Bertz CT molecular complexity index is 1290. The van der Waals surface area contributed by atoms with Crippen molar-refractivity contribution >= 4 is 16.5 Å². The highest BCUT2D eigenvalue weighted by atomic mass is 32.1. The van der Waals surface area contributed by atoms with Crippen LogP contribution in [0.5, 0.6) is 11.5 Å². The van der Waals surface area contributed by atoms with Crippen LogP contribution in [0.15, 0.2) is 60.7 Å². The minimum absolute atomic E-state index is 0.110. The van der Waals surface area contributed by atoms with E-state index in [1.165, 1.54) is 35.1 Å². The van der Waals surface area contributed by atoms with Gasteiger partial charge in [-0.05, 0) is 41.0 Å². The second-order valence-corrected chi connectivity index (χ2v) is 8.85. The number of fused-ring (bicyclic) bond motifs is 1. The average molecular weight is 465 g/mol. The smallest absolute Gasteiger partial charge is 0.183 e. The van der Waals surface area contributed by atoms with Gasteiger partial charge < -0.3 is 14.8 Å². The molecule has 3 aromatic carbocycles. The molecule has 2 heterocycles. The monoisotopic (exact) mass is 464 g/mol. The van der Waals surface area contributed by atoms with Crippen molar-refractivity contribution in [1.82, 2.24) is 4.98 Å². The van der Waals surface area contributed by atoms with Crippen LogP contribution in [0.2, 0.25) is 0 Å². The van der Waals surface area contributed by atoms with Crippen LogP contribution < -0.4 is 14.8 Å². The zero-order valence-electron chi connectivity index (χ0n) is 18.0. The first-order chi connectivity index (χ1) is 16.1. The van der Waals surface area contributed by atoms with E-state index in [0.717, 1.165) is 33.9 Å². The number of rotatable bonds is 7. The molecule has 0 radical (unpaired) electrons. The van der Waals surface area contributed by atoms with Gasteiger partial charge in [0.05, 0.1) is 25.0 Å². The van der Waals surface area contributed by atoms with E-state index < -0.39 is 11.6 Å². The Morgan fingerprint density at radius 1 is 1.06 bits per heavy atom. The SMILES string of the molecule is COc1ccccc1Cc1sc(NCc2ccc3c(c2)CCO3)nc1-c1c(F)cccc1F. The van der Waals surface area contributed by atoms with Gasteiger partial charge in [-0.2, -0.15) is 0 Å². The van der Waals surface area contributed by atoms with E-state index in [-0.39, 0.29) is 5.56 Å². The van der Waals surface area contributed by atoms with Crippen LogP contribution in [0.25, 0.3) is 11.3 Å². The zero-order valence-corrected chi connectivity index (χ0v) is 18.8. The van der Waals surface area contributed by atoms with Crippen LogP contribution in [-0.2, 0) is 19.4 Å². The van der Waals surface area contributed by atoms with E-state index in [9.17, 15) is 8.78 Å². The summed E-state index contributed by atoms with van der Waals surface area (Å²) in [5.74, 6) is 0.392. The van der Waals surface area contributed by atoms with Crippen molar-refractivity contribution in [3.63, 3.8) is 0 Å². The summed E-state index contributed by atoms with van der Waals surface area (Å²) >= 11 is 1.39. The van der Waals surface area contributed by atoms with Gasteiger partial charge in [0.1, 0.15) is 23.1 Å². The summed E-state index contributed by atoms with van der Waals surface area (Å²) < 4.78 is 40.4. The van der Waals surface area contributed by atoms with Gasteiger partial charge in [-0.1, -0.05) is 36.4 Å². The number of thiazole rings is 1. The van der Waals surface area contributed by atoms with E-state index in [1.807, 2.05) is 36.4 Å². The number of anilines is 1. The highest BCUT2D eigenvalue weighted by Crippen LogP contribution is 2.37. The van der Waals surface area contributed by atoms with Gasteiger partial charge in [0.25, 0.3) is 0 Å². The summed E-state index contributed by atoms with van der Waals surface area (Å²) in [5, 5.41) is 3.93. The molecule has 1 N–H and O–H groups in total. The molecule has 168 valence electrons. The lowest BCUT2D eigenvalue weighted by molar-refractivity contribution is 0.357. The standard InChI is InChI=1S/C26H22F2N2O2S/c1-31-21-8-3-2-5-17(21)14-23-25(24-19(27)6-4-7-20(24)28)30-26(33-23)29-15-16-9-10-22-18(13-16)11-12-32-22/h2-10,13H,11-12,14-15H2,1H3,(H,29,30). The predicted molar refractivity (Wildman–Crippen MR) is 126 cm³/mol. The highest BCUT2D eigenvalue weighted by molar-refractivity contribution is 7.16. The third-order valence-corrected chi connectivity index (χ3v) is 6.65. The maximum Gasteiger partial charge on any atom is 0.183 e. The topological polar surface area (TPSA) is 43.4 Å². The third-order valence-electron chi connectivity index (χ3n) is 5.64. The second-order valence-electron chi connectivity index (χ2n) is 7.77. The molecule has 33 heavy (non-hydrogen) atoms. The molecular formula is C26H22F2N2O2S. The van der Waals surface area contributed by atoms with Crippen LogP contribution in [0.1, 0.15) is 21.6 Å². The maximum absolute atomic E-state index is 14.7. The molecule has 4 aromatic rings. The Hall–Kier alpha value is -3.45. The first-order valence-corrected chi connectivity index (χ1v) is 11.5. The third kappa shape index (κ3) is 4.41. The molecule has 1 aliphatic rings. The summed E-state index contributed by atoms with van der Waals surface area (Å²) in [6.45, 7) is 1.26. The Morgan fingerprint density at radius 3 is 2.70 bits per heavy atom. The minimum Gasteiger partial charge on any atom is -0.496 e. The van der Waals surface area contributed by atoms with Crippen LogP contribution >= 0.6 is 11.3 Å². The molecule has 0 bridgehead atoms. The zero-order chi connectivity index (χ0) is 22.8. The molecule has 4 nitrogen and oxygen atoms in total. The van der Waals surface area contributed by atoms with Crippen molar-refractivity contribution in [2.24, 2.45) is 0 Å². The van der Waals surface area contributed by atoms with E-state index in [4.69, 9.17) is 9.47 Å². The number of benzene rings is 3. The lowest BCUT2D eigenvalue weighted by Crippen LogP contribution is -2.00. The molecule has 0 aliphatic carbocycles. The Morgan fingerprint density at radius 2 is 1.88 bits per heavy atom. The van der Waals surface area contributed by atoms with E-state index in [1.54, 1.807) is 7.11 Å². The molecule has 1 aliphatic heterocycles. The van der Waals surface area contributed by atoms with Crippen molar-refractivity contribution in [1.29, 1.82) is 0 Å². The number of ether oxygens (including phenoxy) is 2. The fourth-order valence-electron chi connectivity index (χ4n) is 4.02. The van der Waals surface area contributed by atoms with Crippen LogP contribution in [-0.4, -0.2) is 18.7 Å². The number of para-hydroxylation sites is 1. The number of hydrogen-bond donors (Lipinski definition) is 1. The van der Waals surface area contributed by atoms with E-state index in [2.05, 4.69) is 16.4 Å². The largest absolute Gasteiger partial charge is 0.496 e. The van der Waals surface area contributed by atoms with Gasteiger partial charge in [-0.3, -0.25) is 0 Å². The van der Waals surface area contributed by atoms with Gasteiger partial charge in [-0.15, -0.1) is 11.3 Å². The van der Waals surface area contributed by atoms with Crippen LogP contribution in [0, 0.1) is 11.6 Å². The lowest BCUT2D eigenvalue weighted by atomic mass is 10.0. The Balaban J connectivity index is 1.47. The summed E-state index contributed by atoms with van der Waals surface area (Å²) in [6.07, 6.45) is 1.35. The van der Waals surface area contributed by atoms with E-state index >= 15 is 0 Å². The molecular weight excluding hydrogens is 442 g/mol. The average Bonchev–Trinajstić information content (AvgIpc) is 3.44. The summed E-state index contributed by atoms with van der Waals surface area (Å²) in [7, 11) is 1.61. The molecule has 5 rings (SSSR count). The molecule has 0 fully saturated rings. The first kappa shape index (κ1) is 21.4. The summed E-state index contributed by atoms with van der Waals surface area (Å²) in [5.41, 5.74) is 3.42. The van der Waals surface area contributed by atoms with Gasteiger partial charge in [-0.25, -0.2) is 13.8 Å². The highest BCUT2D eigenvalue weighted by Gasteiger charge is 2.21. The number of hydrogen-bond acceptors (Lipinski definition) is 5. The summed E-state index contributed by atoms with van der Waals surface area (Å²) in [6, 6.07) is 17.6. The quantitative estimate of drug-likeness (QED) is 0.352. The molecule has 7 heteroatoms. The van der Waals surface area contributed by atoms with Gasteiger partial charge in [0.15, 0.2) is 5.13 Å². The Kier molecular flexibility index (Phi) is 5.96. The number of methoxy groups -OCH3 is 1. The van der Waals surface area contributed by atoms with Crippen molar-refractivity contribution in [3.05, 3.63) is 93.9 Å². The number of nitrogens with one attached hydrogen (secondary N) is 1. The van der Waals surface area contributed by atoms with Gasteiger partial charge >= 0.3 is 0 Å². The van der Waals surface area contributed by atoms with Gasteiger partial charge in [0.2, 0.25) is 0 Å². The fourth-order valence-corrected chi connectivity index (χ4v) is 5.00. The minimum atomic E-state index is -0.633. The lowest BCUT2D eigenvalue weighted by Gasteiger charge is -2.09. The number of halogens is 2. The van der Waals surface area contributed by atoms with E-state index in [0.29, 0.717) is 30.4 Å². The number of aromatic nitrogens is 1. The molecule has 1 aromatic heterocycles. The predicted octanol–water partition coefficient (Wildman–Crippen LogP) is 6.23. The fraction of sp³-hybridized carbons (Fsp3) is 0.192. The van der Waals surface area contributed by atoms with Crippen LogP contribution in [0.3, 0.4) is 0 Å². The van der Waals surface area contributed by atoms with Crippen molar-refractivity contribution in [2.45, 2.75) is 19.4 Å². The Labute approximate surface area is 194 Å². The maximum atomic E-state index is 14.7. The molecule has 0 atom stereocenters. The molecule has 0 saturated heterocycles. The molecule has 0 spiro atoms. The van der Waals surface area contributed by atoms with Gasteiger partial charge in [0, 0.05) is 24.3 Å².